The maximum atomic E-state index is 12.9. The topological polar surface area (TPSA) is 139 Å². The van der Waals surface area contributed by atoms with Crippen LogP contribution in [0.25, 0.3) is 20.9 Å². The van der Waals surface area contributed by atoms with Crippen molar-refractivity contribution in [2.45, 2.75) is 12.6 Å². The summed E-state index contributed by atoms with van der Waals surface area (Å²) in [5, 5.41) is 10.3. The number of nitrogens with one attached hydrogen (secondary N) is 1. The summed E-state index contributed by atoms with van der Waals surface area (Å²) >= 11 is 0. The van der Waals surface area contributed by atoms with E-state index >= 15 is 0 Å². The van der Waals surface area contributed by atoms with E-state index < -0.39 is 0 Å². The van der Waals surface area contributed by atoms with Gasteiger partial charge in [0.05, 0.1) is 19.2 Å². The highest BCUT2D eigenvalue weighted by atomic mass is 16.5. The van der Waals surface area contributed by atoms with Gasteiger partial charge in [0.25, 0.3) is 5.91 Å². The number of piperazine rings is 1. The third kappa shape index (κ3) is 4.37. The van der Waals surface area contributed by atoms with Crippen LogP contribution in [0.15, 0.2) is 28.4 Å². The SMILES string of the molecule is COCC1CNCCN1C(=O)c1cc(CN=[N+]=[N-])cc(N=[N+]=[N-])c1. The lowest BCUT2D eigenvalue weighted by Gasteiger charge is -2.36. The van der Waals surface area contributed by atoms with Gasteiger partial charge in [-0.15, -0.1) is 0 Å². The second-order valence-electron chi connectivity index (χ2n) is 5.28. The minimum Gasteiger partial charge on any atom is -0.382 e. The van der Waals surface area contributed by atoms with Crippen molar-refractivity contribution in [3.05, 3.63) is 50.2 Å². The number of hydrogen-bond donors (Lipinski definition) is 1. The molecule has 1 atom stereocenters. The first kappa shape index (κ1) is 17.6. The molecule has 1 aliphatic rings. The molecule has 0 aromatic heterocycles. The first-order valence-electron chi connectivity index (χ1n) is 7.40. The van der Waals surface area contributed by atoms with Gasteiger partial charge in [-0.1, -0.05) is 10.2 Å². The molecule has 1 amide bonds. The predicted octanol–water partition coefficient (Wildman–Crippen LogP) is 2.50. The largest absolute Gasteiger partial charge is 0.382 e. The van der Waals surface area contributed by atoms with Crippen LogP contribution in [-0.4, -0.2) is 50.2 Å². The number of rotatable bonds is 6. The number of ether oxygens (including phenoxy) is 1. The molecule has 24 heavy (non-hydrogen) atoms. The molecule has 1 N–H and O–H groups in total. The highest BCUT2D eigenvalue weighted by Gasteiger charge is 2.27. The Morgan fingerprint density at radius 3 is 2.96 bits per heavy atom. The molecular formula is C14H18N8O2. The molecule has 1 aromatic rings. The Morgan fingerprint density at radius 2 is 2.25 bits per heavy atom. The number of nitrogens with zero attached hydrogens (tertiary/aromatic N) is 7. The van der Waals surface area contributed by atoms with E-state index in [2.05, 4.69) is 25.4 Å². The second-order valence-corrected chi connectivity index (χ2v) is 5.28. The summed E-state index contributed by atoms with van der Waals surface area (Å²) in [5.74, 6) is -0.171. The first-order valence-corrected chi connectivity index (χ1v) is 7.40. The minimum absolute atomic E-state index is 0.0695. The smallest absolute Gasteiger partial charge is 0.254 e. The summed E-state index contributed by atoms with van der Waals surface area (Å²) in [6.07, 6.45) is 0. The van der Waals surface area contributed by atoms with E-state index in [0.717, 1.165) is 0 Å². The summed E-state index contributed by atoms with van der Waals surface area (Å²) < 4.78 is 5.18. The van der Waals surface area contributed by atoms with Crippen LogP contribution in [-0.2, 0) is 11.3 Å². The normalized spacial score (nSPS) is 16.9. The van der Waals surface area contributed by atoms with Gasteiger partial charge in [-0.05, 0) is 34.8 Å². The Morgan fingerprint density at radius 1 is 1.42 bits per heavy atom. The number of methoxy groups -OCH3 is 1. The number of carbonyl (C=O) groups excluding carboxylic acids is 1. The van der Waals surface area contributed by atoms with Crippen LogP contribution in [0.2, 0.25) is 0 Å². The Kier molecular flexibility index (Phi) is 6.41. The Bertz CT molecular complexity index is 692. The average molecular weight is 330 g/mol. The van der Waals surface area contributed by atoms with Crippen molar-refractivity contribution in [2.24, 2.45) is 10.2 Å². The second kappa shape index (κ2) is 8.76. The van der Waals surface area contributed by atoms with Crippen molar-refractivity contribution in [1.82, 2.24) is 10.2 Å². The molecule has 0 bridgehead atoms. The molecule has 1 saturated heterocycles. The first-order chi connectivity index (χ1) is 11.7. The van der Waals surface area contributed by atoms with Crippen molar-refractivity contribution in [2.75, 3.05) is 33.4 Å². The average Bonchev–Trinajstić information content (AvgIpc) is 2.60. The van der Waals surface area contributed by atoms with Gasteiger partial charge in [0.1, 0.15) is 0 Å². The van der Waals surface area contributed by atoms with E-state index in [-0.39, 0.29) is 18.5 Å². The molecule has 1 aromatic carbocycles. The lowest BCUT2D eigenvalue weighted by molar-refractivity contribution is 0.0467. The standard InChI is InChI=1S/C14H18N8O2/c1-24-9-13-8-17-2-3-22(13)14(23)11-4-10(7-18-20-15)5-12(6-11)19-21-16/h4-6,13,17H,2-3,7-9H2,1H3. The summed E-state index contributed by atoms with van der Waals surface area (Å²) in [6.45, 7) is 2.42. The lowest BCUT2D eigenvalue weighted by atomic mass is 10.1. The zero-order valence-corrected chi connectivity index (χ0v) is 13.3. The number of hydrogen-bond acceptors (Lipinski definition) is 5. The van der Waals surface area contributed by atoms with Crippen LogP contribution >= 0.6 is 0 Å². The van der Waals surface area contributed by atoms with Crippen molar-refractivity contribution in [3.8, 4) is 0 Å². The fourth-order valence-electron chi connectivity index (χ4n) is 2.65. The van der Waals surface area contributed by atoms with Crippen molar-refractivity contribution < 1.29 is 9.53 Å². The molecule has 1 unspecified atom stereocenters. The van der Waals surface area contributed by atoms with Crippen molar-refractivity contribution in [3.63, 3.8) is 0 Å². The molecule has 0 spiro atoms. The fraction of sp³-hybridized carbons (Fsp3) is 0.500. The van der Waals surface area contributed by atoms with E-state index in [4.69, 9.17) is 15.8 Å². The maximum absolute atomic E-state index is 12.9. The molecule has 0 saturated carbocycles. The van der Waals surface area contributed by atoms with Gasteiger partial charge in [0.15, 0.2) is 0 Å². The molecule has 1 heterocycles. The van der Waals surface area contributed by atoms with Crippen LogP contribution in [0.5, 0.6) is 0 Å². The summed E-state index contributed by atoms with van der Waals surface area (Å²) in [5.41, 5.74) is 18.4. The van der Waals surface area contributed by atoms with Gasteiger partial charge in [-0.2, -0.15) is 0 Å². The molecule has 2 rings (SSSR count). The Balaban J connectivity index is 2.33. The predicted molar refractivity (Wildman–Crippen MR) is 87.7 cm³/mol. The highest BCUT2D eigenvalue weighted by Crippen LogP contribution is 2.21. The van der Waals surface area contributed by atoms with Gasteiger partial charge >= 0.3 is 0 Å². The van der Waals surface area contributed by atoms with Crippen LogP contribution < -0.4 is 5.32 Å². The number of amides is 1. The monoisotopic (exact) mass is 330 g/mol. The van der Waals surface area contributed by atoms with Gasteiger partial charge in [0.2, 0.25) is 0 Å². The van der Waals surface area contributed by atoms with Gasteiger partial charge in [0, 0.05) is 47.8 Å². The number of benzene rings is 1. The summed E-state index contributed by atoms with van der Waals surface area (Å²) in [7, 11) is 1.59. The van der Waals surface area contributed by atoms with Crippen LogP contribution in [0.4, 0.5) is 5.69 Å². The quantitative estimate of drug-likeness (QED) is 0.486. The summed E-state index contributed by atoms with van der Waals surface area (Å²) in [6, 6.07) is 4.71. The van der Waals surface area contributed by atoms with Crippen LogP contribution in [0, 0.1) is 0 Å². The zero-order valence-electron chi connectivity index (χ0n) is 13.3. The van der Waals surface area contributed by atoms with Crippen molar-refractivity contribution in [1.29, 1.82) is 0 Å². The van der Waals surface area contributed by atoms with Gasteiger partial charge in [-0.25, -0.2) is 0 Å². The molecular weight excluding hydrogens is 312 g/mol. The van der Waals surface area contributed by atoms with Gasteiger partial charge in [-0.3, -0.25) is 4.79 Å². The molecule has 0 aliphatic carbocycles. The van der Waals surface area contributed by atoms with Crippen LogP contribution in [0.3, 0.4) is 0 Å². The molecule has 1 fully saturated rings. The summed E-state index contributed by atoms with van der Waals surface area (Å²) in [4.78, 5) is 20.1. The number of carbonyl (C=O) groups is 1. The molecule has 0 radical (unpaired) electrons. The van der Waals surface area contributed by atoms with E-state index in [9.17, 15) is 4.79 Å². The van der Waals surface area contributed by atoms with Gasteiger partial charge < -0.3 is 15.0 Å². The lowest BCUT2D eigenvalue weighted by Crippen LogP contribution is -2.55. The van der Waals surface area contributed by atoms with E-state index in [1.165, 1.54) is 6.07 Å². The third-order valence-electron chi connectivity index (χ3n) is 3.67. The highest BCUT2D eigenvalue weighted by molar-refractivity contribution is 5.95. The molecule has 126 valence electrons. The van der Waals surface area contributed by atoms with Crippen molar-refractivity contribution >= 4 is 11.6 Å². The number of azide groups is 2. The van der Waals surface area contributed by atoms with E-state index in [1.807, 2.05) is 0 Å². The Hall–Kier alpha value is -2.77. The van der Waals surface area contributed by atoms with E-state index in [1.54, 1.807) is 24.1 Å². The molecule has 1 aliphatic heterocycles. The minimum atomic E-state index is -0.171. The zero-order chi connectivity index (χ0) is 17.4. The third-order valence-corrected chi connectivity index (χ3v) is 3.67. The fourth-order valence-corrected chi connectivity index (χ4v) is 2.65. The maximum Gasteiger partial charge on any atom is 0.254 e. The molecule has 10 nitrogen and oxygen atoms in total. The van der Waals surface area contributed by atoms with Crippen LogP contribution in [0.1, 0.15) is 15.9 Å². The van der Waals surface area contributed by atoms with E-state index in [0.29, 0.717) is 43.1 Å². The Labute approximate surface area is 138 Å². The molecule has 10 heteroatoms.